The standard InChI is InChI=1S/C48H49NO/c1-32-16-12-25-38-37-24-10-11-27-40(37)48(46(32)38,34-19-4-2-5-20-34)41-28-15-31-44-45(41)39-26-14-30-43(47(39)50-44)49(35-21-6-3-7-22-35)42-29-13-18-33-17-8-9-23-36(33)42/h2-6,8-13,15,17-20,23,25-27,29,31-33,35-37,41,44-45H,7,14,16,21-22,24,28,30H2,1H3/t32?,33?,35?,36?,37?,41-,44?,45?,48?/m0/s1. The largest absolute Gasteiger partial charge is 0.484 e. The van der Waals surface area contributed by atoms with E-state index in [4.69, 9.17) is 4.74 Å². The number of benzene rings is 1. The quantitative estimate of drug-likeness (QED) is 0.293. The molecule has 9 aliphatic rings. The van der Waals surface area contributed by atoms with Crippen molar-refractivity contribution in [1.29, 1.82) is 0 Å². The number of hydrogen-bond donors (Lipinski definition) is 0. The Morgan fingerprint density at radius 3 is 2.60 bits per heavy atom. The van der Waals surface area contributed by atoms with Gasteiger partial charge in [-0.3, -0.25) is 0 Å². The maximum atomic E-state index is 7.37. The van der Waals surface area contributed by atoms with Gasteiger partial charge in [0.2, 0.25) is 0 Å². The van der Waals surface area contributed by atoms with Crippen LogP contribution in [0.5, 0.6) is 0 Å². The highest BCUT2D eigenvalue weighted by atomic mass is 16.5. The first kappa shape index (κ1) is 30.5. The average Bonchev–Trinajstić information content (AvgIpc) is 3.72. The molecule has 2 heteroatoms. The van der Waals surface area contributed by atoms with Crippen molar-refractivity contribution in [3.8, 4) is 0 Å². The summed E-state index contributed by atoms with van der Waals surface area (Å²) in [5.41, 5.74) is 10.6. The third kappa shape index (κ3) is 4.46. The zero-order chi connectivity index (χ0) is 33.2. The summed E-state index contributed by atoms with van der Waals surface area (Å²) in [7, 11) is 0. The van der Waals surface area contributed by atoms with Gasteiger partial charge in [-0.25, -0.2) is 0 Å². The van der Waals surface area contributed by atoms with Gasteiger partial charge in [0, 0.05) is 40.8 Å². The van der Waals surface area contributed by atoms with Crippen LogP contribution >= 0.6 is 0 Å². The van der Waals surface area contributed by atoms with Crippen molar-refractivity contribution >= 4 is 0 Å². The smallest absolute Gasteiger partial charge is 0.142 e. The minimum absolute atomic E-state index is 0.0551. The van der Waals surface area contributed by atoms with Crippen molar-refractivity contribution in [2.75, 3.05) is 0 Å². The van der Waals surface area contributed by atoms with Gasteiger partial charge in [-0.2, -0.15) is 0 Å². The summed E-state index contributed by atoms with van der Waals surface area (Å²) in [6, 6.07) is 12.1. The first-order valence-corrected chi connectivity index (χ1v) is 19.5. The molecule has 1 aromatic carbocycles. The number of nitrogens with zero attached hydrogens (tertiary/aromatic N) is 1. The third-order valence-corrected chi connectivity index (χ3v) is 13.5. The Labute approximate surface area is 298 Å². The first-order valence-electron chi connectivity index (χ1n) is 19.5. The molecular weight excluding hydrogens is 607 g/mol. The molecule has 1 heterocycles. The van der Waals surface area contributed by atoms with Crippen LogP contribution < -0.4 is 0 Å². The van der Waals surface area contributed by atoms with Crippen LogP contribution in [0.1, 0.15) is 63.9 Å². The summed E-state index contributed by atoms with van der Waals surface area (Å²) in [6.45, 7) is 2.50. The Bertz CT molecular complexity index is 1950. The van der Waals surface area contributed by atoms with Gasteiger partial charge in [0.15, 0.2) is 0 Å². The lowest BCUT2D eigenvalue weighted by molar-refractivity contribution is 0.113. The van der Waals surface area contributed by atoms with Crippen molar-refractivity contribution in [2.24, 2.45) is 35.5 Å². The summed E-state index contributed by atoms with van der Waals surface area (Å²) in [6.07, 6.45) is 49.8. The van der Waals surface area contributed by atoms with E-state index in [2.05, 4.69) is 145 Å². The van der Waals surface area contributed by atoms with Crippen LogP contribution in [0.15, 0.2) is 173 Å². The predicted octanol–water partition coefficient (Wildman–Crippen LogP) is 11.1. The van der Waals surface area contributed by atoms with Crippen LogP contribution in [-0.4, -0.2) is 17.0 Å². The molecule has 2 nitrogen and oxygen atoms in total. The molecule has 0 N–H and O–H groups in total. The topological polar surface area (TPSA) is 12.5 Å². The minimum Gasteiger partial charge on any atom is -0.484 e. The first-order chi connectivity index (χ1) is 24.7. The number of ether oxygens (including phenoxy) is 1. The van der Waals surface area contributed by atoms with Crippen LogP contribution in [0.25, 0.3) is 0 Å². The molecule has 1 aromatic rings. The van der Waals surface area contributed by atoms with E-state index in [0.717, 1.165) is 44.9 Å². The molecule has 9 atom stereocenters. The van der Waals surface area contributed by atoms with Crippen LogP contribution in [0.4, 0.5) is 0 Å². The maximum absolute atomic E-state index is 7.37. The normalized spacial score (nSPS) is 37.3. The fourth-order valence-corrected chi connectivity index (χ4v) is 11.6. The SMILES string of the molecule is CC1CC=CC2=C1C(c1ccccc1)([C@H]1CC=CC3OC4=C(N(C5=CC=CC6C=CC=CC56)C5CC=CCC5)CCC=C4C31)C1=CC=CCC12. The van der Waals surface area contributed by atoms with Crippen molar-refractivity contribution in [1.82, 2.24) is 4.90 Å². The summed E-state index contributed by atoms with van der Waals surface area (Å²) >= 11 is 0. The summed E-state index contributed by atoms with van der Waals surface area (Å²) in [5.74, 6) is 3.62. The molecule has 0 saturated carbocycles. The van der Waals surface area contributed by atoms with E-state index in [1.54, 1.807) is 16.7 Å². The van der Waals surface area contributed by atoms with Crippen LogP contribution in [0.3, 0.4) is 0 Å². The van der Waals surface area contributed by atoms with E-state index in [1.807, 2.05) is 0 Å². The molecule has 8 unspecified atom stereocenters. The molecule has 1 aliphatic heterocycles. The van der Waals surface area contributed by atoms with Crippen LogP contribution in [0, 0.1) is 35.5 Å². The van der Waals surface area contributed by atoms with Crippen molar-refractivity contribution in [3.05, 3.63) is 179 Å². The van der Waals surface area contributed by atoms with Crippen molar-refractivity contribution in [2.45, 2.75) is 75.9 Å². The van der Waals surface area contributed by atoms with E-state index in [0.29, 0.717) is 41.5 Å². The van der Waals surface area contributed by atoms with Gasteiger partial charge in [-0.1, -0.05) is 128 Å². The van der Waals surface area contributed by atoms with Crippen molar-refractivity contribution in [3.63, 3.8) is 0 Å². The van der Waals surface area contributed by atoms with Crippen LogP contribution in [0.2, 0.25) is 0 Å². The molecule has 0 spiro atoms. The van der Waals surface area contributed by atoms with E-state index >= 15 is 0 Å². The predicted molar refractivity (Wildman–Crippen MR) is 204 cm³/mol. The Balaban J connectivity index is 1.14. The summed E-state index contributed by atoms with van der Waals surface area (Å²) in [4.78, 5) is 2.79. The molecule has 252 valence electrons. The number of hydrogen-bond acceptors (Lipinski definition) is 2. The van der Waals surface area contributed by atoms with Gasteiger partial charge in [0.1, 0.15) is 11.9 Å². The van der Waals surface area contributed by atoms with Gasteiger partial charge in [0.25, 0.3) is 0 Å². The maximum Gasteiger partial charge on any atom is 0.142 e. The summed E-state index contributed by atoms with van der Waals surface area (Å²) in [5, 5.41) is 0. The number of rotatable bonds is 5. The molecular formula is C48H49NO. The van der Waals surface area contributed by atoms with Gasteiger partial charge in [-0.05, 0) is 103 Å². The van der Waals surface area contributed by atoms with E-state index in [9.17, 15) is 0 Å². The van der Waals surface area contributed by atoms with Gasteiger partial charge >= 0.3 is 0 Å². The van der Waals surface area contributed by atoms with E-state index in [-0.39, 0.29) is 11.5 Å². The third-order valence-electron chi connectivity index (χ3n) is 13.5. The molecule has 0 bridgehead atoms. The number of allylic oxidation sites excluding steroid dienone is 20. The summed E-state index contributed by atoms with van der Waals surface area (Å²) < 4.78 is 7.37. The Hall–Kier alpha value is -4.30. The molecule has 0 radical (unpaired) electrons. The second-order valence-corrected chi connectivity index (χ2v) is 15.9. The van der Waals surface area contributed by atoms with Crippen LogP contribution in [-0.2, 0) is 10.2 Å². The lowest BCUT2D eigenvalue weighted by Crippen LogP contribution is -2.46. The molecule has 1 fully saturated rings. The lowest BCUT2D eigenvalue weighted by atomic mass is 9.53. The monoisotopic (exact) mass is 655 g/mol. The molecule has 0 amide bonds. The minimum atomic E-state index is -0.155. The molecule has 10 rings (SSSR count). The van der Waals surface area contributed by atoms with Gasteiger partial charge in [-0.15, -0.1) is 0 Å². The Morgan fingerprint density at radius 1 is 0.800 bits per heavy atom. The molecule has 8 aliphatic carbocycles. The second-order valence-electron chi connectivity index (χ2n) is 15.9. The lowest BCUT2D eigenvalue weighted by Gasteiger charge is -2.49. The molecule has 0 aromatic heterocycles. The Kier molecular flexibility index (Phi) is 7.44. The Morgan fingerprint density at radius 2 is 1.70 bits per heavy atom. The molecule has 50 heavy (non-hydrogen) atoms. The zero-order valence-corrected chi connectivity index (χ0v) is 29.3. The zero-order valence-electron chi connectivity index (χ0n) is 29.3. The van der Waals surface area contributed by atoms with E-state index in [1.165, 1.54) is 34.7 Å². The fraction of sp³-hybridized carbons (Fsp3) is 0.375. The second kappa shape index (κ2) is 12.2. The highest BCUT2D eigenvalue weighted by Gasteiger charge is 2.61. The highest BCUT2D eigenvalue weighted by Crippen LogP contribution is 2.66. The fourth-order valence-electron chi connectivity index (χ4n) is 11.6. The van der Waals surface area contributed by atoms with E-state index < -0.39 is 0 Å². The van der Waals surface area contributed by atoms with Gasteiger partial charge in [0.05, 0.1) is 5.70 Å². The van der Waals surface area contributed by atoms with Gasteiger partial charge < -0.3 is 9.64 Å². The molecule has 1 saturated heterocycles. The highest BCUT2D eigenvalue weighted by molar-refractivity contribution is 5.65. The van der Waals surface area contributed by atoms with Crippen molar-refractivity contribution < 1.29 is 4.74 Å². The average molecular weight is 656 g/mol. The number of fused-ring (bicyclic) bond motifs is 6.